The maximum Gasteiger partial charge on any atom is 0.410 e. The predicted octanol–water partition coefficient (Wildman–Crippen LogP) is 5.35. The van der Waals surface area contributed by atoms with Gasteiger partial charge in [0.05, 0.1) is 12.2 Å². The second-order valence-electron chi connectivity index (χ2n) is 10.9. The van der Waals surface area contributed by atoms with Crippen LogP contribution in [0.5, 0.6) is 0 Å². The van der Waals surface area contributed by atoms with Gasteiger partial charge in [0, 0.05) is 19.7 Å². The van der Waals surface area contributed by atoms with E-state index in [1.165, 1.54) is 12.1 Å². The van der Waals surface area contributed by atoms with Crippen LogP contribution in [0.3, 0.4) is 0 Å². The van der Waals surface area contributed by atoms with E-state index >= 15 is 0 Å². The summed E-state index contributed by atoms with van der Waals surface area (Å²) in [5.41, 5.74) is 1.27. The van der Waals surface area contributed by atoms with Crippen molar-refractivity contribution >= 4 is 12.1 Å². The molecule has 1 heterocycles. The van der Waals surface area contributed by atoms with Gasteiger partial charge in [-0.25, -0.2) is 14.0 Å². The maximum atomic E-state index is 14.2. The summed E-state index contributed by atoms with van der Waals surface area (Å²) in [6, 6.07) is 2.83. The number of hydrogen-bond donors (Lipinski definition) is 1. The van der Waals surface area contributed by atoms with Crippen molar-refractivity contribution in [3.8, 4) is 0 Å². The molecular formula is C25H34FNO5. The molecule has 176 valence electrons. The van der Waals surface area contributed by atoms with Crippen molar-refractivity contribution in [1.29, 1.82) is 0 Å². The molecule has 0 radical (unpaired) electrons. The normalized spacial score (nSPS) is 20.8. The molecule has 2 aliphatic carbocycles. The van der Waals surface area contributed by atoms with Crippen molar-refractivity contribution in [3.63, 3.8) is 0 Å². The average molecular weight is 448 g/mol. The van der Waals surface area contributed by atoms with Crippen molar-refractivity contribution in [2.75, 3.05) is 19.7 Å². The summed E-state index contributed by atoms with van der Waals surface area (Å²) in [4.78, 5) is 25.3. The van der Waals surface area contributed by atoms with Gasteiger partial charge in [-0.2, -0.15) is 0 Å². The number of ether oxygens (including phenoxy) is 2. The van der Waals surface area contributed by atoms with Gasteiger partial charge in [-0.05, 0) is 99.8 Å². The van der Waals surface area contributed by atoms with Gasteiger partial charge in [-0.15, -0.1) is 0 Å². The summed E-state index contributed by atoms with van der Waals surface area (Å²) < 4.78 is 25.6. The van der Waals surface area contributed by atoms with E-state index in [0.29, 0.717) is 30.5 Å². The topological polar surface area (TPSA) is 76.1 Å². The Hall–Kier alpha value is -2.15. The van der Waals surface area contributed by atoms with Crippen LogP contribution < -0.4 is 0 Å². The molecule has 3 aliphatic rings. The SMILES string of the molecule is CC(C)(C)OC(=O)N1CCC2(CC1)CC(COCc1cc(F)c(C(=O)O)cc1C1CC1)C2. The molecule has 1 spiro atoms. The number of nitrogens with zero attached hydrogens (tertiary/aromatic N) is 1. The highest BCUT2D eigenvalue weighted by molar-refractivity contribution is 5.88. The van der Waals surface area contributed by atoms with E-state index in [0.717, 1.165) is 62.7 Å². The van der Waals surface area contributed by atoms with Crippen LogP contribution >= 0.6 is 0 Å². The number of carbonyl (C=O) groups excluding carboxylic acids is 1. The van der Waals surface area contributed by atoms with E-state index in [4.69, 9.17) is 9.47 Å². The Balaban J connectivity index is 1.23. The highest BCUT2D eigenvalue weighted by Crippen LogP contribution is 2.52. The molecule has 0 atom stereocenters. The third kappa shape index (κ3) is 5.25. The van der Waals surface area contributed by atoms with E-state index in [1.807, 2.05) is 25.7 Å². The second kappa shape index (κ2) is 8.65. The Kier molecular flexibility index (Phi) is 6.23. The van der Waals surface area contributed by atoms with Gasteiger partial charge >= 0.3 is 12.1 Å². The summed E-state index contributed by atoms with van der Waals surface area (Å²) in [6.07, 6.45) is 5.99. The number of piperidine rings is 1. The van der Waals surface area contributed by atoms with E-state index < -0.39 is 17.4 Å². The van der Waals surface area contributed by atoms with Crippen LogP contribution in [-0.2, 0) is 16.1 Å². The van der Waals surface area contributed by atoms with Gasteiger partial charge in [0.15, 0.2) is 0 Å². The van der Waals surface area contributed by atoms with Gasteiger partial charge < -0.3 is 19.5 Å². The Morgan fingerprint density at radius 2 is 1.84 bits per heavy atom. The number of benzene rings is 1. The number of hydrogen-bond acceptors (Lipinski definition) is 4. The van der Waals surface area contributed by atoms with Crippen molar-refractivity contribution < 1.29 is 28.6 Å². The zero-order valence-corrected chi connectivity index (χ0v) is 19.3. The fourth-order valence-corrected chi connectivity index (χ4v) is 5.21. The first-order valence-corrected chi connectivity index (χ1v) is 11.7. The fraction of sp³-hybridized carbons (Fsp3) is 0.680. The molecule has 1 aromatic rings. The fourth-order valence-electron chi connectivity index (χ4n) is 5.21. The molecular weight excluding hydrogens is 413 g/mol. The Bertz CT molecular complexity index is 873. The summed E-state index contributed by atoms with van der Waals surface area (Å²) in [5, 5.41) is 9.19. The summed E-state index contributed by atoms with van der Waals surface area (Å²) in [6.45, 7) is 8.08. The number of carbonyl (C=O) groups is 2. The molecule has 3 fully saturated rings. The van der Waals surface area contributed by atoms with Crippen LogP contribution in [0.15, 0.2) is 12.1 Å². The molecule has 6 nitrogen and oxygen atoms in total. The molecule has 1 aliphatic heterocycles. The first-order chi connectivity index (χ1) is 15.1. The Labute approximate surface area is 189 Å². The summed E-state index contributed by atoms with van der Waals surface area (Å²) >= 11 is 0. The number of halogens is 1. The van der Waals surface area contributed by atoms with Gasteiger partial charge in [-0.3, -0.25) is 0 Å². The molecule has 2 saturated carbocycles. The van der Waals surface area contributed by atoms with Crippen LogP contribution in [0.4, 0.5) is 9.18 Å². The van der Waals surface area contributed by atoms with Gasteiger partial charge in [-0.1, -0.05) is 0 Å². The standard InChI is InChI=1S/C25H34FNO5/c1-24(2,3)32-23(30)27-8-6-25(7-9-27)12-16(13-25)14-31-15-18-10-21(26)20(22(28)29)11-19(18)17-4-5-17/h10-11,16-17H,4-9,12-15H2,1-3H3,(H,28,29). The first-order valence-electron chi connectivity index (χ1n) is 11.7. The zero-order chi connectivity index (χ0) is 23.1. The predicted molar refractivity (Wildman–Crippen MR) is 117 cm³/mol. The molecule has 0 bridgehead atoms. The smallest absolute Gasteiger partial charge is 0.410 e. The van der Waals surface area contributed by atoms with E-state index in [2.05, 4.69) is 0 Å². The van der Waals surface area contributed by atoms with Crippen molar-refractivity contribution in [2.45, 2.75) is 77.4 Å². The molecule has 1 N–H and O–H groups in total. The lowest BCUT2D eigenvalue weighted by Crippen LogP contribution is -2.50. The minimum atomic E-state index is -1.23. The number of rotatable bonds is 6. The third-order valence-electron chi connectivity index (χ3n) is 7.01. The number of amides is 1. The van der Waals surface area contributed by atoms with Gasteiger partial charge in [0.2, 0.25) is 0 Å². The monoisotopic (exact) mass is 447 g/mol. The van der Waals surface area contributed by atoms with Crippen molar-refractivity contribution in [2.24, 2.45) is 11.3 Å². The lowest BCUT2D eigenvalue weighted by molar-refractivity contribution is -0.0562. The molecule has 7 heteroatoms. The second-order valence-corrected chi connectivity index (χ2v) is 10.9. The maximum absolute atomic E-state index is 14.2. The van der Waals surface area contributed by atoms with Gasteiger partial charge in [0.25, 0.3) is 0 Å². The molecule has 0 unspecified atom stereocenters. The van der Waals surface area contributed by atoms with E-state index in [-0.39, 0.29) is 11.7 Å². The lowest BCUT2D eigenvalue weighted by atomic mass is 9.58. The minimum Gasteiger partial charge on any atom is -0.478 e. The first kappa shape index (κ1) is 23.0. The number of carboxylic acids is 1. The van der Waals surface area contributed by atoms with Crippen LogP contribution in [-0.4, -0.2) is 47.4 Å². The highest BCUT2D eigenvalue weighted by Gasteiger charge is 2.46. The minimum absolute atomic E-state index is 0.223. The molecule has 0 aromatic heterocycles. The summed E-state index contributed by atoms with van der Waals surface area (Å²) in [5.74, 6) is -1.11. The molecule has 1 amide bonds. The number of aromatic carboxylic acids is 1. The van der Waals surface area contributed by atoms with E-state index in [1.54, 1.807) is 0 Å². The van der Waals surface area contributed by atoms with Gasteiger partial charge in [0.1, 0.15) is 11.4 Å². The zero-order valence-electron chi connectivity index (χ0n) is 19.3. The lowest BCUT2D eigenvalue weighted by Gasteiger charge is -2.52. The molecule has 1 aromatic carbocycles. The van der Waals surface area contributed by atoms with Crippen LogP contribution in [0.1, 0.15) is 86.7 Å². The molecule has 1 saturated heterocycles. The van der Waals surface area contributed by atoms with E-state index in [9.17, 15) is 19.1 Å². The Morgan fingerprint density at radius 1 is 1.19 bits per heavy atom. The number of carboxylic acid groups (broad SMARTS) is 1. The average Bonchev–Trinajstić information content (AvgIpc) is 3.50. The van der Waals surface area contributed by atoms with Crippen molar-refractivity contribution in [1.82, 2.24) is 4.90 Å². The van der Waals surface area contributed by atoms with Crippen LogP contribution in [0.25, 0.3) is 0 Å². The molecule has 32 heavy (non-hydrogen) atoms. The largest absolute Gasteiger partial charge is 0.478 e. The quantitative estimate of drug-likeness (QED) is 0.637. The van der Waals surface area contributed by atoms with Crippen LogP contribution in [0, 0.1) is 17.2 Å². The third-order valence-corrected chi connectivity index (χ3v) is 7.01. The number of likely N-dealkylation sites (tertiary alicyclic amines) is 1. The van der Waals surface area contributed by atoms with Crippen LogP contribution in [0.2, 0.25) is 0 Å². The van der Waals surface area contributed by atoms with Crippen molar-refractivity contribution in [3.05, 3.63) is 34.6 Å². The highest BCUT2D eigenvalue weighted by atomic mass is 19.1. The molecule has 4 rings (SSSR count). The summed E-state index contributed by atoms with van der Waals surface area (Å²) in [7, 11) is 0. The Morgan fingerprint density at radius 3 is 2.41 bits per heavy atom.